The Bertz CT molecular complexity index is 1030. The van der Waals surface area contributed by atoms with Crippen molar-refractivity contribution in [1.82, 2.24) is 4.98 Å². The Balaban J connectivity index is 1.69. The van der Waals surface area contributed by atoms with Gasteiger partial charge in [0.05, 0.1) is 29.6 Å². The Morgan fingerprint density at radius 1 is 0.862 bits per heavy atom. The topological polar surface area (TPSA) is 80.3 Å². The first-order valence-corrected chi connectivity index (χ1v) is 9.34. The molecule has 1 amide bonds. The van der Waals surface area contributed by atoms with Crippen LogP contribution in [-0.4, -0.2) is 23.5 Å². The molecule has 0 fully saturated rings. The number of aromatic nitrogens is 1. The van der Waals surface area contributed by atoms with Gasteiger partial charge in [-0.25, -0.2) is 4.79 Å². The summed E-state index contributed by atoms with van der Waals surface area (Å²) in [6.07, 6.45) is 3.17. The summed E-state index contributed by atoms with van der Waals surface area (Å²) in [5.41, 5.74) is 5.49. The van der Waals surface area contributed by atoms with Gasteiger partial charge >= 0.3 is 5.97 Å². The molecule has 148 valence electrons. The van der Waals surface area contributed by atoms with Crippen molar-refractivity contribution in [3.63, 3.8) is 0 Å². The highest BCUT2D eigenvalue weighted by Gasteiger charge is 2.10. The van der Waals surface area contributed by atoms with Gasteiger partial charge in [-0.1, -0.05) is 6.07 Å². The molecule has 1 heterocycles. The van der Waals surface area contributed by atoms with E-state index < -0.39 is 0 Å². The number of ether oxygens (including phenoxy) is 1. The van der Waals surface area contributed by atoms with Crippen molar-refractivity contribution in [3.05, 3.63) is 83.2 Å². The van der Waals surface area contributed by atoms with Gasteiger partial charge in [0.1, 0.15) is 0 Å². The fourth-order valence-electron chi connectivity index (χ4n) is 2.73. The largest absolute Gasteiger partial charge is 0.462 e. The van der Waals surface area contributed by atoms with Crippen molar-refractivity contribution < 1.29 is 14.3 Å². The van der Waals surface area contributed by atoms with E-state index in [9.17, 15) is 9.59 Å². The minimum absolute atomic E-state index is 0.287. The molecular weight excluding hydrogens is 366 g/mol. The first-order chi connectivity index (χ1) is 14.0. The number of amides is 1. The zero-order chi connectivity index (χ0) is 20.8. The van der Waals surface area contributed by atoms with E-state index >= 15 is 0 Å². The van der Waals surface area contributed by atoms with Gasteiger partial charge in [0.2, 0.25) is 0 Å². The number of nitrogens with zero attached hydrogens (tertiary/aromatic N) is 1. The minimum atomic E-state index is -0.389. The van der Waals surface area contributed by atoms with Crippen LogP contribution in [0.3, 0.4) is 0 Å². The van der Waals surface area contributed by atoms with Crippen LogP contribution in [0.2, 0.25) is 0 Å². The van der Waals surface area contributed by atoms with Crippen LogP contribution in [0.15, 0.2) is 60.9 Å². The Morgan fingerprint density at radius 2 is 1.59 bits per heavy atom. The molecule has 0 bridgehead atoms. The van der Waals surface area contributed by atoms with Gasteiger partial charge in [-0.2, -0.15) is 0 Å². The molecule has 29 heavy (non-hydrogen) atoms. The lowest BCUT2D eigenvalue weighted by molar-refractivity contribution is 0.0526. The number of aryl methyl sites for hydroxylation is 2. The second-order valence-corrected chi connectivity index (χ2v) is 6.64. The first-order valence-electron chi connectivity index (χ1n) is 9.34. The molecule has 3 aromatic rings. The summed E-state index contributed by atoms with van der Waals surface area (Å²) in [5.74, 6) is -0.676. The van der Waals surface area contributed by atoms with Crippen molar-refractivity contribution in [1.29, 1.82) is 0 Å². The summed E-state index contributed by atoms with van der Waals surface area (Å²) in [6, 6.07) is 14.4. The number of esters is 1. The molecule has 0 aliphatic rings. The fraction of sp³-hybridized carbons (Fsp3) is 0.174. The van der Waals surface area contributed by atoms with Gasteiger partial charge in [0.15, 0.2) is 0 Å². The van der Waals surface area contributed by atoms with Gasteiger partial charge < -0.3 is 15.4 Å². The third kappa shape index (κ3) is 5.19. The van der Waals surface area contributed by atoms with E-state index in [0.29, 0.717) is 23.4 Å². The highest BCUT2D eigenvalue weighted by atomic mass is 16.5. The number of carbonyl (C=O) groups is 2. The zero-order valence-electron chi connectivity index (χ0n) is 16.7. The highest BCUT2D eigenvalue weighted by Crippen LogP contribution is 2.20. The van der Waals surface area contributed by atoms with Crippen LogP contribution >= 0.6 is 0 Å². The maximum atomic E-state index is 12.6. The Hall–Kier alpha value is -3.67. The van der Waals surface area contributed by atoms with Gasteiger partial charge in [-0.05, 0) is 74.4 Å². The van der Waals surface area contributed by atoms with Crippen LogP contribution in [0, 0.1) is 13.8 Å². The van der Waals surface area contributed by atoms with Crippen LogP contribution in [0.1, 0.15) is 38.8 Å². The van der Waals surface area contributed by atoms with Crippen molar-refractivity contribution in [2.45, 2.75) is 20.8 Å². The van der Waals surface area contributed by atoms with E-state index in [4.69, 9.17) is 4.74 Å². The lowest BCUT2D eigenvalue weighted by Gasteiger charge is -2.10. The van der Waals surface area contributed by atoms with Crippen molar-refractivity contribution >= 4 is 28.9 Å². The molecule has 1 aromatic heterocycles. The number of carbonyl (C=O) groups excluding carboxylic acids is 2. The molecule has 0 unspecified atom stereocenters. The molecule has 2 N–H and O–H groups in total. The van der Waals surface area contributed by atoms with Gasteiger partial charge in [-0.15, -0.1) is 0 Å². The Labute approximate surface area is 169 Å². The van der Waals surface area contributed by atoms with Gasteiger partial charge in [0.25, 0.3) is 5.91 Å². The van der Waals surface area contributed by atoms with E-state index in [-0.39, 0.29) is 11.9 Å². The summed E-state index contributed by atoms with van der Waals surface area (Å²) in [7, 11) is 0. The Morgan fingerprint density at radius 3 is 2.28 bits per heavy atom. The molecule has 0 aliphatic carbocycles. The molecule has 6 nitrogen and oxygen atoms in total. The molecule has 0 saturated carbocycles. The monoisotopic (exact) mass is 389 g/mol. The second kappa shape index (κ2) is 9.01. The predicted octanol–water partition coefficient (Wildman–Crippen LogP) is 4.87. The number of pyridine rings is 1. The van der Waals surface area contributed by atoms with Gasteiger partial charge in [-0.3, -0.25) is 9.78 Å². The van der Waals surface area contributed by atoms with Gasteiger partial charge in [0, 0.05) is 17.6 Å². The molecule has 3 rings (SSSR count). The summed E-state index contributed by atoms with van der Waals surface area (Å²) < 4.78 is 4.95. The average Bonchev–Trinajstić information content (AvgIpc) is 2.72. The summed E-state index contributed by atoms with van der Waals surface area (Å²) >= 11 is 0. The van der Waals surface area contributed by atoms with Crippen LogP contribution in [0.4, 0.5) is 17.1 Å². The SMILES string of the molecule is CCOC(=O)c1ccc(NC(=O)c2cncc(Nc3ccc(C)c(C)c3)c2)cc1. The molecule has 0 spiro atoms. The maximum Gasteiger partial charge on any atom is 0.338 e. The van der Waals surface area contributed by atoms with E-state index in [0.717, 1.165) is 11.4 Å². The summed E-state index contributed by atoms with van der Waals surface area (Å²) in [5, 5.41) is 6.07. The number of nitrogens with one attached hydrogen (secondary N) is 2. The van der Waals surface area contributed by atoms with Crippen molar-refractivity contribution in [2.75, 3.05) is 17.2 Å². The second-order valence-electron chi connectivity index (χ2n) is 6.64. The minimum Gasteiger partial charge on any atom is -0.462 e. The number of hydrogen-bond donors (Lipinski definition) is 2. The molecular formula is C23H23N3O3. The van der Waals surface area contributed by atoms with Crippen LogP contribution in [-0.2, 0) is 4.74 Å². The summed E-state index contributed by atoms with van der Waals surface area (Å²) in [6.45, 7) is 6.18. The van der Waals surface area contributed by atoms with E-state index in [1.165, 1.54) is 17.3 Å². The highest BCUT2D eigenvalue weighted by molar-refractivity contribution is 6.04. The zero-order valence-corrected chi connectivity index (χ0v) is 16.7. The van der Waals surface area contributed by atoms with E-state index in [2.05, 4.69) is 29.5 Å². The van der Waals surface area contributed by atoms with E-state index in [1.54, 1.807) is 43.5 Å². The van der Waals surface area contributed by atoms with Crippen LogP contribution in [0.5, 0.6) is 0 Å². The summed E-state index contributed by atoms with van der Waals surface area (Å²) in [4.78, 5) is 28.4. The Kier molecular flexibility index (Phi) is 6.24. The number of hydrogen-bond acceptors (Lipinski definition) is 5. The maximum absolute atomic E-state index is 12.6. The van der Waals surface area contributed by atoms with Crippen molar-refractivity contribution in [2.24, 2.45) is 0 Å². The normalized spacial score (nSPS) is 10.3. The average molecular weight is 389 g/mol. The van der Waals surface area contributed by atoms with Crippen LogP contribution < -0.4 is 10.6 Å². The molecule has 0 saturated heterocycles. The molecule has 0 radical (unpaired) electrons. The fourth-order valence-corrected chi connectivity index (χ4v) is 2.73. The molecule has 6 heteroatoms. The number of rotatable bonds is 6. The molecule has 2 aromatic carbocycles. The number of benzene rings is 2. The first kappa shape index (κ1) is 20.1. The lowest BCUT2D eigenvalue weighted by atomic mass is 10.1. The molecule has 0 aliphatic heterocycles. The predicted molar refractivity (Wildman–Crippen MR) is 114 cm³/mol. The van der Waals surface area contributed by atoms with E-state index in [1.807, 2.05) is 18.2 Å². The molecule has 0 atom stereocenters. The smallest absolute Gasteiger partial charge is 0.338 e. The van der Waals surface area contributed by atoms with Crippen LogP contribution in [0.25, 0.3) is 0 Å². The number of anilines is 3. The quantitative estimate of drug-likeness (QED) is 0.588. The third-order valence-electron chi connectivity index (χ3n) is 4.45. The lowest BCUT2D eigenvalue weighted by Crippen LogP contribution is -2.13. The van der Waals surface area contributed by atoms with Crippen molar-refractivity contribution in [3.8, 4) is 0 Å². The standard InChI is InChI=1S/C23H23N3O3/c1-4-29-23(28)17-6-9-19(10-7-17)26-22(27)18-12-21(14-24-13-18)25-20-8-5-15(2)16(3)11-20/h5-14,25H,4H2,1-3H3,(H,26,27). The third-order valence-corrected chi connectivity index (χ3v) is 4.45.